The van der Waals surface area contributed by atoms with Crippen LogP contribution in [0.5, 0.6) is 23.0 Å². The van der Waals surface area contributed by atoms with Gasteiger partial charge in [0.25, 0.3) is 0 Å². The van der Waals surface area contributed by atoms with Crippen molar-refractivity contribution >= 4 is 5.78 Å². The molecule has 0 aliphatic heterocycles. The topological polar surface area (TPSA) is 79.5 Å². The van der Waals surface area contributed by atoms with Crippen molar-refractivity contribution in [2.45, 2.75) is 26.9 Å². The second-order valence-electron chi connectivity index (χ2n) is 6.54. The van der Waals surface area contributed by atoms with Crippen LogP contribution in [0.2, 0.25) is 0 Å². The largest absolute Gasteiger partial charge is 0.507 e. The highest BCUT2D eigenvalue weighted by atomic mass is 16.5. The first-order valence-corrected chi connectivity index (χ1v) is 9.27. The molecule has 1 N–H and O–H groups in total. The molecular weight excluding hydrogens is 366 g/mol. The number of phenols is 1. The van der Waals surface area contributed by atoms with Gasteiger partial charge >= 0.3 is 0 Å². The number of nitrogens with zero attached hydrogens (tertiary/aromatic N) is 1. The average Bonchev–Trinajstić information content (AvgIpc) is 2.75. The van der Waals surface area contributed by atoms with E-state index < -0.39 is 0 Å². The van der Waals surface area contributed by atoms with Gasteiger partial charge in [-0.1, -0.05) is 25.1 Å². The summed E-state index contributed by atoms with van der Waals surface area (Å²) in [5.41, 5.74) is 2.33. The third-order valence-corrected chi connectivity index (χ3v) is 4.52. The average molecular weight is 387 g/mol. The Balaban J connectivity index is 1.65. The van der Waals surface area contributed by atoms with Crippen molar-refractivity contribution in [3.8, 4) is 29.1 Å². The van der Waals surface area contributed by atoms with Crippen LogP contribution in [0.4, 0.5) is 0 Å². The van der Waals surface area contributed by atoms with Crippen LogP contribution >= 0.6 is 0 Å². The molecule has 0 aliphatic rings. The predicted octanol–water partition coefficient (Wildman–Crippen LogP) is 5.54. The lowest BCUT2D eigenvalue weighted by molar-refractivity contribution is 0.0985. The van der Waals surface area contributed by atoms with E-state index in [1.54, 1.807) is 50.2 Å². The van der Waals surface area contributed by atoms with Gasteiger partial charge in [-0.25, -0.2) is 0 Å². The van der Waals surface area contributed by atoms with Gasteiger partial charge in [0.15, 0.2) is 5.78 Å². The van der Waals surface area contributed by atoms with Crippen molar-refractivity contribution in [3.63, 3.8) is 0 Å². The summed E-state index contributed by atoms with van der Waals surface area (Å²) in [6.45, 7) is 3.80. The number of phenolic OH excluding ortho intramolecular Hbond substituents is 1. The summed E-state index contributed by atoms with van der Waals surface area (Å²) in [6, 6.07) is 19.8. The van der Waals surface area contributed by atoms with E-state index in [1.165, 1.54) is 0 Å². The minimum absolute atomic E-state index is 0.0299. The zero-order valence-electron chi connectivity index (χ0n) is 16.3. The number of ether oxygens (including phenoxy) is 2. The SMILES string of the molecule is CCC(=O)c1ccc(OCc2ccc(Oc3cccc(C#N)c3)cc2)c(C)c1O. The maximum atomic E-state index is 11.8. The number of benzene rings is 3. The summed E-state index contributed by atoms with van der Waals surface area (Å²) in [6.07, 6.45) is 0.336. The van der Waals surface area contributed by atoms with Crippen molar-refractivity contribution in [1.29, 1.82) is 5.26 Å². The molecule has 0 amide bonds. The summed E-state index contributed by atoms with van der Waals surface area (Å²) in [5.74, 6) is 1.65. The molecule has 0 saturated carbocycles. The molecule has 3 aromatic carbocycles. The van der Waals surface area contributed by atoms with Crippen molar-refractivity contribution in [2.75, 3.05) is 0 Å². The second kappa shape index (κ2) is 8.94. The Morgan fingerprint density at radius 1 is 1.07 bits per heavy atom. The molecule has 0 aliphatic carbocycles. The summed E-state index contributed by atoms with van der Waals surface area (Å²) >= 11 is 0. The van der Waals surface area contributed by atoms with E-state index in [-0.39, 0.29) is 11.5 Å². The molecule has 5 heteroatoms. The monoisotopic (exact) mass is 387 g/mol. The van der Waals surface area contributed by atoms with Crippen molar-refractivity contribution in [2.24, 2.45) is 0 Å². The summed E-state index contributed by atoms with van der Waals surface area (Å²) in [4.78, 5) is 11.8. The molecule has 146 valence electrons. The first kappa shape index (κ1) is 20.0. The molecule has 0 saturated heterocycles. The van der Waals surface area contributed by atoms with E-state index in [2.05, 4.69) is 6.07 Å². The van der Waals surface area contributed by atoms with E-state index in [1.807, 2.05) is 24.3 Å². The van der Waals surface area contributed by atoms with Crippen LogP contribution in [0.1, 0.15) is 40.4 Å². The smallest absolute Gasteiger partial charge is 0.166 e. The van der Waals surface area contributed by atoms with Crippen LogP contribution in [0.25, 0.3) is 0 Å². The lowest BCUT2D eigenvalue weighted by atomic mass is 10.0. The van der Waals surface area contributed by atoms with Crippen LogP contribution in [0, 0.1) is 18.3 Å². The van der Waals surface area contributed by atoms with Gasteiger partial charge in [0.2, 0.25) is 0 Å². The highest BCUT2D eigenvalue weighted by Crippen LogP contribution is 2.32. The molecule has 29 heavy (non-hydrogen) atoms. The first-order chi connectivity index (χ1) is 14.0. The quantitative estimate of drug-likeness (QED) is 0.539. The van der Waals surface area contributed by atoms with Crippen LogP contribution < -0.4 is 9.47 Å². The Hall–Kier alpha value is -3.78. The number of hydrogen-bond donors (Lipinski definition) is 1. The van der Waals surface area contributed by atoms with Crippen molar-refractivity contribution < 1.29 is 19.4 Å². The molecule has 3 aromatic rings. The fourth-order valence-electron chi connectivity index (χ4n) is 2.83. The molecular formula is C24H21NO4. The summed E-state index contributed by atoms with van der Waals surface area (Å²) in [7, 11) is 0. The normalized spacial score (nSPS) is 10.2. The first-order valence-electron chi connectivity index (χ1n) is 9.27. The van der Waals surface area contributed by atoms with E-state index in [0.717, 1.165) is 5.56 Å². The predicted molar refractivity (Wildman–Crippen MR) is 109 cm³/mol. The number of carbonyl (C=O) groups excluding carboxylic acids is 1. The Kier molecular flexibility index (Phi) is 6.16. The molecule has 0 atom stereocenters. The van der Waals surface area contributed by atoms with Crippen LogP contribution in [0.15, 0.2) is 60.7 Å². The van der Waals surface area contributed by atoms with Gasteiger partial charge in [0, 0.05) is 12.0 Å². The third-order valence-electron chi connectivity index (χ3n) is 4.52. The van der Waals surface area contributed by atoms with E-state index >= 15 is 0 Å². The Morgan fingerprint density at radius 3 is 2.52 bits per heavy atom. The standard InChI is InChI=1S/C24H21NO4/c1-3-22(26)21-11-12-23(16(2)24(21)27)28-15-17-7-9-19(10-8-17)29-20-6-4-5-18(13-20)14-25/h4-13,27H,3,15H2,1-2H3. The van der Waals surface area contributed by atoms with Crippen molar-refractivity contribution in [1.82, 2.24) is 0 Å². The molecule has 0 radical (unpaired) electrons. The zero-order chi connectivity index (χ0) is 20.8. The number of ketones is 1. The second-order valence-corrected chi connectivity index (χ2v) is 6.54. The highest BCUT2D eigenvalue weighted by molar-refractivity contribution is 5.99. The fourth-order valence-corrected chi connectivity index (χ4v) is 2.83. The Bertz CT molecular complexity index is 1070. The maximum absolute atomic E-state index is 11.8. The van der Waals surface area contributed by atoms with Crippen molar-refractivity contribution in [3.05, 3.63) is 82.9 Å². The molecule has 5 nitrogen and oxygen atoms in total. The Morgan fingerprint density at radius 2 is 1.83 bits per heavy atom. The van der Waals surface area contributed by atoms with Gasteiger partial charge in [-0.2, -0.15) is 5.26 Å². The number of Topliss-reactive ketones (excluding diaryl/α,β-unsaturated/α-hetero) is 1. The molecule has 0 heterocycles. The molecule has 3 rings (SSSR count). The van der Waals surface area contributed by atoms with E-state index in [0.29, 0.717) is 47.0 Å². The van der Waals surface area contributed by atoms with Gasteiger partial charge in [-0.3, -0.25) is 4.79 Å². The molecule has 0 bridgehead atoms. The van der Waals surface area contributed by atoms with Crippen LogP contribution in [0.3, 0.4) is 0 Å². The molecule has 0 fully saturated rings. The van der Waals surface area contributed by atoms with E-state index in [4.69, 9.17) is 14.7 Å². The molecule has 0 unspecified atom stereocenters. The Labute approximate surface area is 169 Å². The fraction of sp³-hybridized carbons (Fsp3) is 0.167. The molecule has 0 aromatic heterocycles. The van der Waals surface area contributed by atoms with Gasteiger partial charge in [0.1, 0.15) is 29.6 Å². The highest BCUT2D eigenvalue weighted by Gasteiger charge is 2.14. The third kappa shape index (κ3) is 4.74. The molecule has 0 spiro atoms. The zero-order valence-corrected chi connectivity index (χ0v) is 16.3. The van der Waals surface area contributed by atoms with Gasteiger partial charge in [0.05, 0.1) is 17.2 Å². The number of aromatic hydroxyl groups is 1. The van der Waals surface area contributed by atoms with Gasteiger partial charge in [-0.05, 0) is 55.0 Å². The van der Waals surface area contributed by atoms with Gasteiger partial charge < -0.3 is 14.6 Å². The number of hydrogen-bond acceptors (Lipinski definition) is 5. The number of rotatable bonds is 7. The lowest BCUT2D eigenvalue weighted by Crippen LogP contribution is -2.01. The summed E-state index contributed by atoms with van der Waals surface area (Å²) < 4.78 is 11.6. The minimum Gasteiger partial charge on any atom is -0.507 e. The van der Waals surface area contributed by atoms with Crippen LogP contribution in [-0.2, 0) is 6.61 Å². The number of carbonyl (C=O) groups is 1. The summed E-state index contributed by atoms with van der Waals surface area (Å²) in [5, 5.41) is 19.2. The van der Waals surface area contributed by atoms with Crippen LogP contribution in [-0.4, -0.2) is 10.9 Å². The van der Waals surface area contributed by atoms with E-state index in [9.17, 15) is 9.90 Å². The van der Waals surface area contributed by atoms with Gasteiger partial charge in [-0.15, -0.1) is 0 Å². The minimum atomic E-state index is -0.104. The number of nitriles is 1. The maximum Gasteiger partial charge on any atom is 0.166 e. The lowest BCUT2D eigenvalue weighted by Gasteiger charge is -2.13.